The van der Waals surface area contributed by atoms with Gasteiger partial charge in [-0.2, -0.15) is 0 Å². The van der Waals surface area contributed by atoms with Crippen molar-refractivity contribution in [2.75, 3.05) is 38.2 Å². The molecule has 1 aromatic rings. The Hall–Kier alpha value is -1.39. The number of aryl methyl sites for hydroxylation is 2. The number of anilines is 1. The highest BCUT2D eigenvalue weighted by Crippen LogP contribution is 2.22. The number of para-hydroxylation sites is 1. The highest BCUT2D eigenvalue weighted by molar-refractivity contribution is 5.93. The van der Waals surface area contributed by atoms with Crippen LogP contribution in [-0.4, -0.2) is 43.7 Å². The second-order valence-electron chi connectivity index (χ2n) is 5.10. The lowest BCUT2D eigenvalue weighted by molar-refractivity contribution is -0.118. The molecular formula is C16H24N2O2. The second-order valence-corrected chi connectivity index (χ2v) is 5.10. The number of amides is 1. The van der Waals surface area contributed by atoms with Crippen LogP contribution in [0.15, 0.2) is 18.2 Å². The molecule has 1 fully saturated rings. The zero-order valence-corrected chi connectivity index (χ0v) is 12.4. The first kappa shape index (κ1) is 15.0. The average Bonchev–Trinajstić information content (AvgIpc) is 2.48. The van der Waals surface area contributed by atoms with Gasteiger partial charge in [0.05, 0.1) is 19.8 Å². The predicted molar refractivity (Wildman–Crippen MR) is 81.1 cm³/mol. The smallest absolute Gasteiger partial charge is 0.238 e. The number of ether oxygens (including phenoxy) is 1. The zero-order valence-electron chi connectivity index (χ0n) is 12.4. The highest BCUT2D eigenvalue weighted by atomic mass is 16.5. The second kappa shape index (κ2) is 7.41. The zero-order chi connectivity index (χ0) is 14.4. The molecule has 0 unspecified atom stereocenters. The van der Waals surface area contributed by atoms with Gasteiger partial charge in [0.25, 0.3) is 0 Å². The van der Waals surface area contributed by atoms with Crippen molar-refractivity contribution < 1.29 is 9.53 Å². The summed E-state index contributed by atoms with van der Waals surface area (Å²) in [6.45, 7) is 7.80. The van der Waals surface area contributed by atoms with Gasteiger partial charge in [0.2, 0.25) is 5.91 Å². The maximum atomic E-state index is 12.2. The third-order valence-corrected chi connectivity index (χ3v) is 3.73. The van der Waals surface area contributed by atoms with Crippen molar-refractivity contribution >= 4 is 11.6 Å². The molecule has 0 aromatic heterocycles. The van der Waals surface area contributed by atoms with Gasteiger partial charge in [0, 0.05) is 18.8 Å². The van der Waals surface area contributed by atoms with Crippen molar-refractivity contribution in [3.63, 3.8) is 0 Å². The Kier molecular flexibility index (Phi) is 5.56. The summed E-state index contributed by atoms with van der Waals surface area (Å²) in [7, 11) is 0. The molecule has 1 amide bonds. The summed E-state index contributed by atoms with van der Waals surface area (Å²) in [6.07, 6.45) is 1.86. The van der Waals surface area contributed by atoms with Gasteiger partial charge in [-0.05, 0) is 24.0 Å². The van der Waals surface area contributed by atoms with Crippen LogP contribution in [0.1, 0.15) is 25.0 Å². The quantitative estimate of drug-likeness (QED) is 0.895. The van der Waals surface area contributed by atoms with Gasteiger partial charge in [-0.15, -0.1) is 0 Å². The maximum Gasteiger partial charge on any atom is 0.238 e. The molecule has 0 bridgehead atoms. The van der Waals surface area contributed by atoms with Crippen LogP contribution in [0.4, 0.5) is 5.69 Å². The van der Waals surface area contributed by atoms with Crippen molar-refractivity contribution in [2.45, 2.75) is 26.7 Å². The van der Waals surface area contributed by atoms with E-state index in [1.54, 1.807) is 0 Å². The van der Waals surface area contributed by atoms with Gasteiger partial charge in [0.1, 0.15) is 0 Å². The van der Waals surface area contributed by atoms with E-state index in [0.717, 1.165) is 44.8 Å². The van der Waals surface area contributed by atoms with E-state index in [0.29, 0.717) is 6.54 Å². The molecule has 4 heteroatoms. The third kappa shape index (κ3) is 3.81. The Balaban J connectivity index is 2.02. The number of morpholine rings is 1. The molecule has 2 rings (SSSR count). The first-order chi connectivity index (χ1) is 9.74. The van der Waals surface area contributed by atoms with Crippen molar-refractivity contribution in [3.8, 4) is 0 Å². The number of rotatable bonds is 5. The van der Waals surface area contributed by atoms with Gasteiger partial charge >= 0.3 is 0 Å². The number of benzene rings is 1. The minimum Gasteiger partial charge on any atom is -0.379 e. The molecule has 20 heavy (non-hydrogen) atoms. The van der Waals surface area contributed by atoms with Gasteiger partial charge in [0.15, 0.2) is 0 Å². The van der Waals surface area contributed by atoms with Crippen LogP contribution in [0.3, 0.4) is 0 Å². The molecule has 110 valence electrons. The van der Waals surface area contributed by atoms with Gasteiger partial charge in [-0.1, -0.05) is 32.0 Å². The summed E-state index contributed by atoms with van der Waals surface area (Å²) in [6, 6.07) is 6.24. The van der Waals surface area contributed by atoms with Crippen molar-refractivity contribution in [1.29, 1.82) is 0 Å². The van der Waals surface area contributed by atoms with Crippen LogP contribution in [0.25, 0.3) is 0 Å². The first-order valence-electron chi connectivity index (χ1n) is 7.45. The van der Waals surface area contributed by atoms with E-state index in [2.05, 4.69) is 42.3 Å². The van der Waals surface area contributed by atoms with E-state index >= 15 is 0 Å². The van der Waals surface area contributed by atoms with Gasteiger partial charge in [-0.3, -0.25) is 9.69 Å². The molecular weight excluding hydrogens is 252 g/mol. The topological polar surface area (TPSA) is 41.6 Å². The number of carbonyl (C=O) groups is 1. The van der Waals surface area contributed by atoms with Crippen LogP contribution in [-0.2, 0) is 22.4 Å². The fraction of sp³-hybridized carbons (Fsp3) is 0.562. The SMILES string of the molecule is CCc1cccc(CC)c1NC(=O)CN1CCOCC1. The molecule has 0 saturated carbocycles. The summed E-state index contributed by atoms with van der Waals surface area (Å²) < 4.78 is 5.30. The molecule has 1 aromatic carbocycles. The number of hydrogen-bond donors (Lipinski definition) is 1. The van der Waals surface area contributed by atoms with Crippen molar-refractivity contribution in [2.24, 2.45) is 0 Å². The number of carbonyl (C=O) groups excluding carboxylic acids is 1. The van der Waals surface area contributed by atoms with E-state index in [1.165, 1.54) is 11.1 Å². The van der Waals surface area contributed by atoms with E-state index in [4.69, 9.17) is 4.74 Å². The summed E-state index contributed by atoms with van der Waals surface area (Å²) in [4.78, 5) is 14.4. The first-order valence-corrected chi connectivity index (χ1v) is 7.45. The van der Waals surface area contributed by atoms with Crippen LogP contribution in [0.2, 0.25) is 0 Å². The van der Waals surface area contributed by atoms with Crippen LogP contribution >= 0.6 is 0 Å². The largest absolute Gasteiger partial charge is 0.379 e. The lowest BCUT2D eigenvalue weighted by Gasteiger charge is -2.26. The minimum absolute atomic E-state index is 0.0718. The molecule has 1 aliphatic rings. The summed E-state index contributed by atoms with van der Waals surface area (Å²) in [5, 5.41) is 3.11. The van der Waals surface area contributed by atoms with E-state index < -0.39 is 0 Å². The lowest BCUT2D eigenvalue weighted by atomic mass is 10.0. The monoisotopic (exact) mass is 276 g/mol. The minimum atomic E-state index is 0.0718. The summed E-state index contributed by atoms with van der Waals surface area (Å²) >= 11 is 0. The normalized spacial score (nSPS) is 16.1. The number of hydrogen-bond acceptors (Lipinski definition) is 3. The molecule has 1 aliphatic heterocycles. The Morgan fingerprint density at radius 1 is 1.20 bits per heavy atom. The number of nitrogens with zero attached hydrogens (tertiary/aromatic N) is 1. The summed E-state index contributed by atoms with van der Waals surface area (Å²) in [5.41, 5.74) is 3.43. The Morgan fingerprint density at radius 2 is 1.80 bits per heavy atom. The fourth-order valence-electron chi connectivity index (χ4n) is 2.54. The molecule has 0 radical (unpaired) electrons. The van der Waals surface area contributed by atoms with Gasteiger partial charge in [-0.25, -0.2) is 0 Å². The Morgan fingerprint density at radius 3 is 2.35 bits per heavy atom. The van der Waals surface area contributed by atoms with E-state index in [9.17, 15) is 4.79 Å². The Labute approximate surface area is 121 Å². The number of nitrogens with one attached hydrogen (secondary N) is 1. The van der Waals surface area contributed by atoms with Crippen LogP contribution in [0.5, 0.6) is 0 Å². The molecule has 0 atom stereocenters. The standard InChI is InChI=1S/C16H24N2O2/c1-3-13-6-5-7-14(4-2)16(13)17-15(19)12-18-8-10-20-11-9-18/h5-7H,3-4,8-12H2,1-2H3,(H,17,19). The van der Waals surface area contributed by atoms with Gasteiger partial charge < -0.3 is 10.1 Å². The molecule has 4 nitrogen and oxygen atoms in total. The van der Waals surface area contributed by atoms with Crippen LogP contribution in [0, 0.1) is 0 Å². The molecule has 0 aliphatic carbocycles. The molecule has 1 heterocycles. The van der Waals surface area contributed by atoms with Crippen molar-refractivity contribution in [3.05, 3.63) is 29.3 Å². The molecule has 1 N–H and O–H groups in total. The average molecular weight is 276 g/mol. The highest BCUT2D eigenvalue weighted by Gasteiger charge is 2.16. The van der Waals surface area contributed by atoms with Crippen molar-refractivity contribution in [1.82, 2.24) is 4.90 Å². The maximum absolute atomic E-state index is 12.2. The summed E-state index contributed by atoms with van der Waals surface area (Å²) in [5.74, 6) is 0.0718. The predicted octanol–water partition coefficient (Wildman–Crippen LogP) is 2.08. The third-order valence-electron chi connectivity index (χ3n) is 3.73. The molecule has 0 spiro atoms. The Bertz CT molecular complexity index is 432. The fourth-order valence-corrected chi connectivity index (χ4v) is 2.54. The van der Waals surface area contributed by atoms with Crippen LogP contribution < -0.4 is 5.32 Å². The van der Waals surface area contributed by atoms with E-state index in [-0.39, 0.29) is 5.91 Å². The molecule has 1 saturated heterocycles. The lowest BCUT2D eigenvalue weighted by Crippen LogP contribution is -2.41. The van der Waals surface area contributed by atoms with E-state index in [1.807, 2.05) is 0 Å².